The van der Waals surface area contributed by atoms with Crippen molar-refractivity contribution in [2.45, 2.75) is 13.0 Å². The summed E-state index contributed by atoms with van der Waals surface area (Å²) in [4.78, 5) is 25.5. The van der Waals surface area contributed by atoms with E-state index in [0.717, 1.165) is 8.95 Å². The van der Waals surface area contributed by atoms with Crippen LogP contribution in [0.1, 0.15) is 17.3 Å². The summed E-state index contributed by atoms with van der Waals surface area (Å²) < 4.78 is 1.62. The molecule has 4 nitrogen and oxygen atoms in total. The van der Waals surface area contributed by atoms with Crippen molar-refractivity contribution < 1.29 is 9.59 Å². The minimum absolute atomic E-state index is 0.108. The van der Waals surface area contributed by atoms with Gasteiger partial charge in [-0.2, -0.15) is 0 Å². The van der Waals surface area contributed by atoms with Crippen LogP contribution in [0.5, 0.6) is 0 Å². The number of benzene rings is 1. The van der Waals surface area contributed by atoms with Crippen molar-refractivity contribution in [3.8, 4) is 0 Å². The van der Waals surface area contributed by atoms with E-state index in [-0.39, 0.29) is 11.8 Å². The summed E-state index contributed by atoms with van der Waals surface area (Å²) in [5.74, 6) is -0.237. The third kappa shape index (κ3) is 2.59. The van der Waals surface area contributed by atoms with Crippen LogP contribution in [0, 0.1) is 0 Å². The van der Waals surface area contributed by atoms with E-state index < -0.39 is 6.04 Å². The van der Waals surface area contributed by atoms with Crippen LogP contribution in [0.3, 0.4) is 0 Å². The van der Waals surface area contributed by atoms with Gasteiger partial charge in [0.15, 0.2) is 0 Å². The first-order valence-electron chi connectivity index (χ1n) is 5.54. The second kappa shape index (κ2) is 5.40. The molecule has 1 aromatic rings. The third-order valence-electron chi connectivity index (χ3n) is 2.92. The quantitative estimate of drug-likeness (QED) is 0.817. The van der Waals surface area contributed by atoms with Gasteiger partial charge in [-0.25, -0.2) is 0 Å². The van der Waals surface area contributed by atoms with Crippen molar-refractivity contribution in [3.05, 3.63) is 32.7 Å². The molecule has 1 aliphatic heterocycles. The number of carbonyl (C=O) groups excluding carboxylic acids is 2. The number of nitrogens with zero attached hydrogens (tertiary/aromatic N) is 1. The fraction of sp³-hybridized carbons (Fsp3) is 0.333. The Bertz CT molecular complexity index is 505. The van der Waals surface area contributed by atoms with Crippen molar-refractivity contribution >= 4 is 43.7 Å². The summed E-state index contributed by atoms with van der Waals surface area (Å²) >= 11 is 6.72. The molecular weight excluding hydrogens is 364 g/mol. The topological polar surface area (TPSA) is 49.4 Å². The molecule has 18 heavy (non-hydrogen) atoms. The molecule has 96 valence electrons. The summed E-state index contributed by atoms with van der Waals surface area (Å²) in [7, 11) is 0. The van der Waals surface area contributed by atoms with Crippen LogP contribution in [0.2, 0.25) is 0 Å². The fourth-order valence-electron chi connectivity index (χ4n) is 1.88. The maximum absolute atomic E-state index is 12.4. The molecule has 0 saturated carbocycles. The third-order valence-corrected chi connectivity index (χ3v) is 4.07. The van der Waals surface area contributed by atoms with E-state index in [1.54, 1.807) is 17.9 Å². The summed E-state index contributed by atoms with van der Waals surface area (Å²) in [6.45, 7) is 2.77. The van der Waals surface area contributed by atoms with E-state index >= 15 is 0 Å². The summed E-state index contributed by atoms with van der Waals surface area (Å²) in [5, 5.41) is 2.74. The Kier molecular flexibility index (Phi) is 4.07. The van der Waals surface area contributed by atoms with Crippen LogP contribution in [0.25, 0.3) is 0 Å². The zero-order valence-corrected chi connectivity index (χ0v) is 12.9. The molecule has 2 rings (SSSR count). The van der Waals surface area contributed by atoms with Gasteiger partial charge in [0.25, 0.3) is 5.91 Å². The van der Waals surface area contributed by atoms with Crippen LogP contribution < -0.4 is 5.32 Å². The van der Waals surface area contributed by atoms with Crippen molar-refractivity contribution in [3.63, 3.8) is 0 Å². The van der Waals surface area contributed by atoms with Gasteiger partial charge < -0.3 is 10.2 Å². The SMILES string of the molecule is CC1C(=O)NCCN1C(=O)c1ccc(Br)cc1Br. The van der Waals surface area contributed by atoms with Gasteiger partial charge in [0, 0.05) is 22.0 Å². The molecule has 1 atom stereocenters. The largest absolute Gasteiger partial charge is 0.353 e. The van der Waals surface area contributed by atoms with Crippen LogP contribution in [0.15, 0.2) is 27.1 Å². The average Bonchev–Trinajstić information content (AvgIpc) is 2.32. The van der Waals surface area contributed by atoms with Crippen LogP contribution in [-0.4, -0.2) is 35.8 Å². The molecular formula is C12H12Br2N2O2. The van der Waals surface area contributed by atoms with E-state index in [1.807, 2.05) is 12.1 Å². The van der Waals surface area contributed by atoms with Gasteiger partial charge in [-0.1, -0.05) is 15.9 Å². The Hall–Kier alpha value is -0.880. The first-order chi connectivity index (χ1) is 8.50. The molecule has 0 aliphatic carbocycles. The summed E-state index contributed by atoms with van der Waals surface area (Å²) in [6, 6.07) is 4.95. The molecule has 1 N–H and O–H groups in total. The van der Waals surface area contributed by atoms with Crippen molar-refractivity contribution in [2.75, 3.05) is 13.1 Å². The minimum atomic E-state index is -0.429. The Balaban J connectivity index is 2.28. The lowest BCUT2D eigenvalue weighted by atomic mass is 10.1. The monoisotopic (exact) mass is 374 g/mol. The van der Waals surface area contributed by atoms with Crippen LogP contribution in [0.4, 0.5) is 0 Å². The average molecular weight is 376 g/mol. The second-order valence-corrected chi connectivity index (χ2v) is 5.86. The summed E-state index contributed by atoms with van der Waals surface area (Å²) in [6.07, 6.45) is 0. The summed E-state index contributed by atoms with van der Waals surface area (Å²) in [5.41, 5.74) is 0.569. The van der Waals surface area contributed by atoms with Crippen molar-refractivity contribution in [1.82, 2.24) is 10.2 Å². The molecule has 1 fully saturated rings. The van der Waals surface area contributed by atoms with E-state index in [0.29, 0.717) is 18.7 Å². The van der Waals surface area contributed by atoms with Crippen molar-refractivity contribution in [1.29, 1.82) is 0 Å². The molecule has 0 bridgehead atoms. The standard InChI is InChI=1S/C12H12Br2N2O2/c1-7-11(17)15-4-5-16(7)12(18)9-3-2-8(13)6-10(9)14/h2-3,6-7H,4-5H2,1H3,(H,15,17). The van der Waals surface area contributed by atoms with Crippen LogP contribution >= 0.6 is 31.9 Å². The smallest absolute Gasteiger partial charge is 0.255 e. The molecule has 0 aromatic heterocycles. The molecule has 1 aliphatic rings. The number of carbonyl (C=O) groups is 2. The van der Waals surface area contributed by atoms with Gasteiger partial charge >= 0.3 is 0 Å². The highest BCUT2D eigenvalue weighted by Crippen LogP contribution is 2.24. The van der Waals surface area contributed by atoms with Gasteiger partial charge in [0.05, 0.1) is 5.56 Å². The van der Waals surface area contributed by atoms with E-state index in [9.17, 15) is 9.59 Å². The fourth-order valence-corrected chi connectivity index (χ4v) is 3.09. The van der Waals surface area contributed by atoms with Gasteiger partial charge in [-0.15, -0.1) is 0 Å². The first kappa shape index (κ1) is 13.5. The maximum atomic E-state index is 12.4. The second-order valence-electron chi connectivity index (χ2n) is 4.09. The maximum Gasteiger partial charge on any atom is 0.255 e. The number of piperazine rings is 1. The minimum Gasteiger partial charge on any atom is -0.353 e. The highest BCUT2D eigenvalue weighted by Gasteiger charge is 2.30. The number of hydrogen-bond donors (Lipinski definition) is 1. The highest BCUT2D eigenvalue weighted by molar-refractivity contribution is 9.11. The molecule has 6 heteroatoms. The molecule has 1 aromatic carbocycles. The molecule has 1 heterocycles. The molecule has 0 spiro atoms. The zero-order chi connectivity index (χ0) is 13.3. The zero-order valence-electron chi connectivity index (χ0n) is 9.74. The molecule has 2 amide bonds. The highest BCUT2D eigenvalue weighted by atomic mass is 79.9. The van der Waals surface area contributed by atoms with Gasteiger partial charge in [-0.3, -0.25) is 9.59 Å². The molecule has 0 radical (unpaired) electrons. The Morgan fingerprint density at radius 3 is 2.83 bits per heavy atom. The first-order valence-corrected chi connectivity index (χ1v) is 7.13. The lowest BCUT2D eigenvalue weighted by molar-refractivity contribution is -0.127. The lowest BCUT2D eigenvalue weighted by Crippen LogP contribution is -2.55. The predicted octanol–water partition coefficient (Wildman–Crippen LogP) is 2.17. The number of halogens is 2. The van der Waals surface area contributed by atoms with Gasteiger partial charge in [0.1, 0.15) is 6.04 Å². The van der Waals surface area contributed by atoms with E-state index in [1.165, 1.54) is 0 Å². The van der Waals surface area contributed by atoms with Crippen LogP contribution in [-0.2, 0) is 4.79 Å². The van der Waals surface area contributed by atoms with Crippen molar-refractivity contribution in [2.24, 2.45) is 0 Å². The Labute approximate surface area is 122 Å². The Morgan fingerprint density at radius 2 is 2.17 bits per heavy atom. The number of hydrogen-bond acceptors (Lipinski definition) is 2. The molecule has 1 saturated heterocycles. The molecule has 1 unspecified atom stereocenters. The lowest BCUT2D eigenvalue weighted by Gasteiger charge is -2.33. The van der Waals surface area contributed by atoms with E-state index in [4.69, 9.17) is 0 Å². The Morgan fingerprint density at radius 1 is 1.44 bits per heavy atom. The van der Waals surface area contributed by atoms with Gasteiger partial charge in [0.2, 0.25) is 5.91 Å². The normalized spacial score (nSPS) is 19.6. The predicted molar refractivity (Wildman–Crippen MR) is 75.4 cm³/mol. The number of rotatable bonds is 1. The number of nitrogens with one attached hydrogen (secondary N) is 1. The number of amides is 2. The van der Waals surface area contributed by atoms with E-state index in [2.05, 4.69) is 37.2 Å². The van der Waals surface area contributed by atoms with Gasteiger partial charge in [-0.05, 0) is 41.1 Å².